The van der Waals surface area contributed by atoms with Crippen molar-refractivity contribution in [3.63, 3.8) is 0 Å². The Balaban J connectivity index is 0.00000161. The fraction of sp³-hybridized carbons (Fsp3) is 0.364. The van der Waals surface area contributed by atoms with Crippen molar-refractivity contribution >= 4 is 34.8 Å². The Morgan fingerprint density at radius 2 is 2.33 bits per heavy atom. The molecule has 10 heteroatoms. The molecular weight excluding hydrogens is 326 g/mol. The van der Waals surface area contributed by atoms with Gasteiger partial charge in [0, 0.05) is 6.42 Å². The number of amides is 1. The molecule has 1 saturated heterocycles. The van der Waals surface area contributed by atoms with Gasteiger partial charge in [-0.2, -0.15) is 0 Å². The van der Waals surface area contributed by atoms with Crippen LogP contribution in [-0.2, 0) is 4.79 Å². The number of halogens is 3. The molecule has 0 radical (unpaired) electrons. The van der Waals surface area contributed by atoms with E-state index in [2.05, 4.69) is 20.8 Å². The Labute approximate surface area is 128 Å². The highest BCUT2D eigenvalue weighted by Gasteiger charge is 2.42. The Hall–Kier alpha value is -1.58. The van der Waals surface area contributed by atoms with Crippen molar-refractivity contribution in [1.29, 1.82) is 0 Å². The second-order valence-electron chi connectivity index (χ2n) is 4.37. The smallest absolute Gasteiger partial charge is 0.262 e. The normalized spacial score (nSPS) is 20.0. The lowest BCUT2D eigenvalue weighted by atomic mass is 10.2. The summed E-state index contributed by atoms with van der Waals surface area (Å²) in [5.41, 5.74) is 0. The number of hydrogen-bond acceptors (Lipinski definition) is 6. The average Bonchev–Trinajstić information content (AvgIpc) is 3.07. The quantitative estimate of drug-likeness (QED) is 0.897. The number of hydrogen-bond donors (Lipinski definition) is 2. The molecule has 1 fully saturated rings. The summed E-state index contributed by atoms with van der Waals surface area (Å²) < 4.78 is 31.2. The fourth-order valence-electron chi connectivity index (χ4n) is 1.87. The molecule has 6 nitrogen and oxygen atoms in total. The maximum atomic E-state index is 13.0. The first-order valence-electron chi connectivity index (χ1n) is 5.83. The van der Waals surface area contributed by atoms with Gasteiger partial charge in [0.2, 0.25) is 11.0 Å². The first kappa shape index (κ1) is 15.8. The number of nitrogens with zero attached hydrogens (tertiary/aromatic N) is 2. The van der Waals surface area contributed by atoms with Crippen LogP contribution in [0.4, 0.5) is 13.9 Å². The zero-order valence-electron chi connectivity index (χ0n) is 10.5. The second-order valence-corrected chi connectivity index (χ2v) is 5.35. The van der Waals surface area contributed by atoms with Crippen molar-refractivity contribution in [1.82, 2.24) is 15.5 Å². The molecule has 1 aliphatic heterocycles. The van der Waals surface area contributed by atoms with E-state index >= 15 is 0 Å². The van der Waals surface area contributed by atoms with Crippen molar-refractivity contribution in [3.05, 3.63) is 18.4 Å². The monoisotopic (exact) mass is 336 g/mol. The van der Waals surface area contributed by atoms with Crippen LogP contribution in [0.1, 0.15) is 6.42 Å². The average molecular weight is 337 g/mol. The largest absolute Gasteiger partial charge is 0.462 e. The summed E-state index contributed by atoms with van der Waals surface area (Å²) >= 11 is 1.11. The van der Waals surface area contributed by atoms with Gasteiger partial charge in [0.25, 0.3) is 5.92 Å². The molecule has 2 N–H and O–H groups in total. The van der Waals surface area contributed by atoms with E-state index in [0.29, 0.717) is 10.8 Å². The molecule has 0 saturated carbocycles. The number of furan rings is 1. The van der Waals surface area contributed by atoms with Gasteiger partial charge in [0.15, 0.2) is 10.8 Å². The number of anilines is 1. The van der Waals surface area contributed by atoms with Crippen LogP contribution in [0.25, 0.3) is 10.8 Å². The van der Waals surface area contributed by atoms with E-state index in [1.807, 2.05) is 0 Å². The third kappa shape index (κ3) is 3.55. The molecular formula is C11H11ClF2N4O2S. The third-order valence-corrected chi connectivity index (χ3v) is 3.67. The van der Waals surface area contributed by atoms with Crippen LogP contribution in [0.5, 0.6) is 0 Å². The van der Waals surface area contributed by atoms with E-state index in [1.165, 1.54) is 6.26 Å². The topological polar surface area (TPSA) is 80.1 Å². The zero-order chi connectivity index (χ0) is 14.2. The molecule has 0 aliphatic carbocycles. The van der Waals surface area contributed by atoms with Gasteiger partial charge in [0.1, 0.15) is 0 Å². The molecule has 3 rings (SSSR count). The summed E-state index contributed by atoms with van der Waals surface area (Å²) in [5, 5.41) is 13.3. The third-order valence-electron chi connectivity index (χ3n) is 2.81. The summed E-state index contributed by atoms with van der Waals surface area (Å²) in [5.74, 6) is -2.85. The van der Waals surface area contributed by atoms with Gasteiger partial charge in [-0.05, 0) is 12.1 Å². The summed E-state index contributed by atoms with van der Waals surface area (Å²) in [6.45, 7) is -0.487. The van der Waals surface area contributed by atoms with E-state index < -0.39 is 30.8 Å². The van der Waals surface area contributed by atoms with Gasteiger partial charge in [-0.1, -0.05) is 11.3 Å². The minimum Gasteiger partial charge on any atom is -0.462 e. The van der Waals surface area contributed by atoms with Crippen LogP contribution in [0.3, 0.4) is 0 Å². The fourth-order valence-corrected chi connectivity index (χ4v) is 2.58. The van der Waals surface area contributed by atoms with Crippen molar-refractivity contribution in [2.45, 2.75) is 18.4 Å². The van der Waals surface area contributed by atoms with Crippen molar-refractivity contribution in [2.75, 3.05) is 11.9 Å². The SMILES string of the molecule is Cl.O=C(Nc1nnc(-c2ccco2)s1)C1CC(F)(F)CN1. The lowest BCUT2D eigenvalue weighted by Gasteiger charge is -2.08. The molecule has 1 aliphatic rings. The van der Waals surface area contributed by atoms with Crippen LogP contribution >= 0.6 is 23.7 Å². The highest BCUT2D eigenvalue weighted by atomic mass is 35.5. The minimum absolute atomic E-state index is 0. The first-order valence-corrected chi connectivity index (χ1v) is 6.65. The molecule has 0 bridgehead atoms. The molecule has 1 amide bonds. The predicted molar refractivity (Wildman–Crippen MR) is 74.8 cm³/mol. The number of alkyl halides is 2. The summed E-state index contributed by atoms with van der Waals surface area (Å²) in [6, 6.07) is 2.51. The number of nitrogens with one attached hydrogen (secondary N) is 2. The Morgan fingerprint density at radius 1 is 1.52 bits per heavy atom. The molecule has 21 heavy (non-hydrogen) atoms. The van der Waals surface area contributed by atoms with Gasteiger partial charge < -0.3 is 4.42 Å². The van der Waals surface area contributed by atoms with Crippen LogP contribution in [0, 0.1) is 0 Å². The van der Waals surface area contributed by atoms with Crippen LogP contribution in [-0.4, -0.2) is 34.6 Å². The molecule has 2 aromatic rings. The molecule has 2 aromatic heterocycles. The highest BCUT2D eigenvalue weighted by molar-refractivity contribution is 7.18. The zero-order valence-corrected chi connectivity index (χ0v) is 12.1. The van der Waals surface area contributed by atoms with Gasteiger partial charge in [-0.15, -0.1) is 22.6 Å². The first-order chi connectivity index (χ1) is 9.53. The van der Waals surface area contributed by atoms with Crippen molar-refractivity contribution < 1.29 is 18.0 Å². The summed E-state index contributed by atoms with van der Waals surface area (Å²) in [4.78, 5) is 11.8. The van der Waals surface area contributed by atoms with Gasteiger partial charge in [0.05, 0.1) is 18.8 Å². The van der Waals surface area contributed by atoms with Crippen LogP contribution < -0.4 is 10.6 Å². The second kappa shape index (κ2) is 6.04. The molecule has 114 valence electrons. The predicted octanol–water partition coefficient (Wildman–Crippen LogP) is 2.16. The van der Waals surface area contributed by atoms with E-state index in [4.69, 9.17) is 4.42 Å². The van der Waals surface area contributed by atoms with E-state index in [1.54, 1.807) is 12.1 Å². The van der Waals surface area contributed by atoms with Gasteiger partial charge >= 0.3 is 0 Å². The van der Waals surface area contributed by atoms with Crippen molar-refractivity contribution in [3.8, 4) is 10.8 Å². The molecule has 0 spiro atoms. The van der Waals surface area contributed by atoms with Gasteiger partial charge in [-0.3, -0.25) is 15.4 Å². The van der Waals surface area contributed by atoms with Crippen LogP contribution in [0.2, 0.25) is 0 Å². The molecule has 1 unspecified atom stereocenters. The summed E-state index contributed by atoms with van der Waals surface area (Å²) in [7, 11) is 0. The lowest BCUT2D eigenvalue weighted by Crippen LogP contribution is -2.35. The Morgan fingerprint density at radius 3 is 2.95 bits per heavy atom. The maximum absolute atomic E-state index is 13.0. The van der Waals surface area contributed by atoms with Crippen molar-refractivity contribution in [2.24, 2.45) is 0 Å². The highest BCUT2D eigenvalue weighted by Crippen LogP contribution is 2.28. The summed E-state index contributed by atoms with van der Waals surface area (Å²) in [6.07, 6.45) is 0.988. The lowest BCUT2D eigenvalue weighted by molar-refractivity contribution is -0.118. The molecule has 1 atom stereocenters. The van der Waals surface area contributed by atoms with E-state index in [0.717, 1.165) is 11.3 Å². The standard InChI is InChI=1S/C11H10F2N4O2S.ClH/c12-11(13)4-6(14-5-11)8(18)15-10-17-16-9(20-10)7-2-1-3-19-7;/h1-3,6,14H,4-5H2,(H,15,17,18);1H. The number of carbonyl (C=O) groups is 1. The molecule has 3 heterocycles. The Kier molecular flexibility index (Phi) is 4.55. The van der Waals surface area contributed by atoms with Crippen LogP contribution in [0.15, 0.2) is 22.8 Å². The van der Waals surface area contributed by atoms with E-state index in [9.17, 15) is 13.6 Å². The maximum Gasteiger partial charge on any atom is 0.262 e. The number of carbonyl (C=O) groups excluding carboxylic acids is 1. The van der Waals surface area contributed by atoms with Gasteiger partial charge in [-0.25, -0.2) is 8.78 Å². The Bertz CT molecular complexity index is 620. The number of aromatic nitrogens is 2. The van der Waals surface area contributed by atoms with E-state index in [-0.39, 0.29) is 17.5 Å². The molecule has 0 aromatic carbocycles. The minimum atomic E-state index is -2.84. The number of rotatable bonds is 3.